The summed E-state index contributed by atoms with van der Waals surface area (Å²) in [7, 11) is 0. The fourth-order valence-corrected chi connectivity index (χ4v) is 4.41. The Balaban J connectivity index is 1.16. The molecule has 4 heterocycles. The van der Waals surface area contributed by atoms with E-state index in [1.165, 1.54) is 17.3 Å². The lowest BCUT2D eigenvalue weighted by molar-refractivity contribution is -0.125. The SMILES string of the molecule is O=C(Nc1ccc(C=CC(=O)N2CC3C=C(c4ccncc4)CC3C2)cn1)c1cccnc1. The van der Waals surface area contributed by atoms with Crippen molar-refractivity contribution in [2.75, 3.05) is 18.4 Å². The Morgan fingerprint density at radius 3 is 2.61 bits per heavy atom. The fourth-order valence-electron chi connectivity index (χ4n) is 4.41. The van der Waals surface area contributed by atoms with Gasteiger partial charge < -0.3 is 10.2 Å². The van der Waals surface area contributed by atoms with Gasteiger partial charge in [-0.25, -0.2) is 4.98 Å². The van der Waals surface area contributed by atoms with Crippen LogP contribution in [0.5, 0.6) is 0 Å². The molecule has 2 unspecified atom stereocenters. The third-order valence-corrected chi connectivity index (χ3v) is 6.12. The van der Waals surface area contributed by atoms with Crippen LogP contribution in [0.4, 0.5) is 5.82 Å². The molecule has 5 rings (SSSR count). The van der Waals surface area contributed by atoms with E-state index in [2.05, 4.69) is 26.3 Å². The van der Waals surface area contributed by atoms with Gasteiger partial charge in [0.15, 0.2) is 0 Å². The molecule has 0 bridgehead atoms. The van der Waals surface area contributed by atoms with Gasteiger partial charge in [-0.05, 0) is 77.4 Å². The number of aromatic nitrogens is 3. The molecule has 164 valence electrons. The van der Waals surface area contributed by atoms with Gasteiger partial charge in [0.05, 0.1) is 5.56 Å². The Labute approximate surface area is 191 Å². The number of anilines is 1. The number of allylic oxidation sites excluding steroid dienone is 1. The van der Waals surface area contributed by atoms with E-state index in [4.69, 9.17) is 0 Å². The van der Waals surface area contributed by atoms with Gasteiger partial charge in [0.25, 0.3) is 5.91 Å². The second-order valence-electron chi connectivity index (χ2n) is 8.31. The van der Waals surface area contributed by atoms with Crippen molar-refractivity contribution >= 4 is 29.3 Å². The first-order valence-electron chi connectivity index (χ1n) is 10.9. The zero-order valence-electron chi connectivity index (χ0n) is 18.0. The summed E-state index contributed by atoms with van der Waals surface area (Å²) in [6.45, 7) is 1.52. The van der Waals surface area contributed by atoms with E-state index in [1.54, 1.807) is 42.7 Å². The largest absolute Gasteiger partial charge is 0.338 e. The van der Waals surface area contributed by atoms with Gasteiger partial charge in [-0.3, -0.25) is 19.6 Å². The third-order valence-electron chi connectivity index (χ3n) is 6.12. The highest BCUT2D eigenvalue weighted by atomic mass is 16.2. The van der Waals surface area contributed by atoms with Crippen molar-refractivity contribution in [3.63, 3.8) is 0 Å². The number of likely N-dealkylation sites (tertiary alicyclic amines) is 1. The minimum atomic E-state index is -0.269. The van der Waals surface area contributed by atoms with Gasteiger partial charge in [-0.1, -0.05) is 6.08 Å². The van der Waals surface area contributed by atoms with Gasteiger partial charge in [-0.2, -0.15) is 0 Å². The van der Waals surface area contributed by atoms with Gasteiger partial charge in [0, 0.05) is 50.1 Å². The Morgan fingerprint density at radius 2 is 1.88 bits per heavy atom. The van der Waals surface area contributed by atoms with E-state index in [0.29, 0.717) is 23.2 Å². The summed E-state index contributed by atoms with van der Waals surface area (Å²) in [5.74, 6) is 1.08. The van der Waals surface area contributed by atoms with Gasteiger partial charge in [0.1, 0.15) is 5.82 Å². The van der Waals surface area contributed by atoms with Gasteiger partial charge in [-0.15, -0.1) is 0 Å². The molecule has 0 radical (unpaired) electrons. The molecule has 1 aliphatic heterocycles. The maximum Gasteiger partial charge on any atom is 0.258 e. The van der Waals surface area contributed by atoms with E-state index in [9.17, 15) is 9.59 Å². The van der Waals surface area contributed by atoms with Crippen molar-refractivity contribution < 1.29 is 9.59 Å². The van der Waals surface area contributed by atoms with Crippen molar-refractivity contribution in [1.29, 1.82) is 0 Å². The molecule has 7 heteroatoms. The van der Waals surface area contributed by atoms with Crippen LogP contribution in [0, 0.1) is 11.8 Å². The van der Waals surface area contributed by atoms with Crippen LogP contribution in [0.2, 0.25) is 0 Å². The van der Waals surface area contributed by atoms with E-state index >= 15 is 0 Å². The highest BCUT2D eigenvalue weighted by Gasteiger charge is 2.37. The predicted octanol–water partition coefficient (Wildman–Crippen LogP) is 3.70. The smallest absolute Gasteiger partial charge is 0.258 e. The van der Waals surface area contributed by atoms with Crippen molar-refractivity contribution in [3.8, 4) is 0 Å². The number of nitrogens with one attached hydrogen (secondary N) is 1. The van der Waals surface area contributed by atoms with Crippen LogP contribution in [0.15, 0.2) is 79.5 Å². The van der Waals surface area contributed by atoms with Crippen LogP contribution in [0.1, 0.15) is 27.9 Å². The quantitative estimate of drug-likeness (QED) is 0.615. The lowest BCUT2D eigenvalue weighted by Gasteiger charge is -2.15. The zero-order chi connectivity index (χ0) is 22.6. The molecular weight excluding hydrogens is 414 g/mol. The number of nitrogens with zero attached hydrogens (tertiary/aromatic N) is 4. The van der Waals surface area contributed by atoms with Crippen molar-refractivity contribution in [3.05, 3.63) is 96.2 Å². The molecule has 1 saturated heterocycles. The Bertz CT molecular complexity index is 1210. The Morgan fingerprint density at radius 1 is 1.00 bits per heavy atom. The molecule has 1 N–H and O–H groups in total. The zero-order valence-corrected chi connectivity index (χ0v) is 18.0. The summed E-state index contributed by atoms with van der Waals surface area (Å²) < 4.78 is 0. The van der Waals surface area contributed by atoms with Crippen LogP contribution in [-0.4, -0.2) is 44.8 Å². The summed E-state index contributed by atoms with van der Waals surface area (Å²) in [5.41, 5.74) is 3.84. The summed E-state index contributed by atoms with van der Waals surface area (Å²) in [4.78, 5) is 39.1. The number of carbonyl (C=O) groups is 2. The minimum Gasteiger partial charge on any atom is -0.338 e. The van der Waals surface area contributed by atoms with Crippen LogP contribution in [0.3, 0.4) is 0 Å². The van der Waals surface area contributed by atoms with Crippen molar-refractivity contribution in [2.24, 2.45) is 11.8 Å². The molecule has 33 heavy (non-hydrogen) atoms. The summed E-state index contributed by atoms with van der Waals surface area (Å²) >= 11 is 0. The molecule has 3 aromatic heterocycles. The van der Waals surface area contributed by atoms with Crippen LogP contribution in [-0.2, 0) is 4.79 Å². The van der Waals surface area contributed by atoms with E-state index in [1.807, 2.05) is 35.5 Å². The second kappa shape index (κ2) is 9.16. The third kappa shape index (κ3) is 4.72. The Kier molecular flexibility index (Phi) is 5.76. The predicted molar refractivity (Wildman–Crippen MR) is 126 cm³/mol. The minimum absolute atomic E-state index is 0.0113. The molecule has 3 aromatic rings. The first-order valence-corrected chi connectivity index (χ1v) is 10.9. The fraction of sp³-hybridized carbons (Fsp3) is 0.192. The van der Waals surface area contributed by atoms with E-state index in [0.717, 1.165) is 25.1 Å². The maximum atomic E-state index is 12.7. The molecule has 0 aromatic carbocycles. The molecule has 2 atom stereocenters. The lowest BCUT2D eigenvalue weighted by Crippen LogP contribution is -2.27. The summed E-state index contributed by atoms with van der Waals surface area (Å²) in [6.07, 6.45) is 15.1. The van der Waals surface area contributed by atoms with E-state index < -0.39 is 0 Å². The lowest BCUT2D eigenvalue weighted by atomic mass is 9.99. The van der Waals surface area contributed by atoms with Crippen molar-refractivity contribution in [2.45, 2.75) is 6.42 Å². The Hall–Kier alpha value is -4.13. The molecule has 0 spiro atoms. The monoisotopic (exact) mass is 437 g/mol. The highest BCUT2D eigenvalue weighted by molar-refractivity contribution is 6.03. The highest BCUT2D eigenvalue weighted by Crippen LogP contribution is 2.40. The number of fused-ring (bicyclic) bond motifs is 1. The standard InChI is InChI=1S/C26H23N5O2/c32-25(31-16-22-12-21(13-23(22)17-31)19-7-10-27-11-8-19)6-4-18-3-5-24(29-14-18)30-26(33)20-2-1-9-28-15-20/h1-12,14-15,22-23H,13,16-17H2,(H,29,30,33). The average Bonchev–Trinajstić information content (AvgIpc) is 3.44. The molecule has 0 saturated carbocycles. The summed E-state index contributed by atoms with van der Waals surface area (Å²) in [5, 5.41) is 2.73. The maximum absolute atomic E-state index is 12.7. The molecule has 1 fully saturated rings. The van der Waals surface area contributed by atoms with E-state index in [-0.39, 0.29) is 11.8 Å². The molecule has 2 amide bonds. The number of hydrogen-bond acceptors (Lipinski definition) is 5. The first kappa shape index (κ1) is 20.8. The normalized spacial score (nSPS) is 19.4. The van der Waals surface area contributed by atoms with Crippen LogP contribution >= 0.6 is 0 Å². The van der Waals surface area contributed by atoms with Gasteiger partial charge in [0.2, 0.25) is 5.91 Å². The number of hydrogen-bond donors (Lipinski definition) is 1. The average molecular weight is 438 g/mol. The van der Waals surface area contributed by atoms with Crippen molar-refractivity contribution in [1.82, 2.24) is 19.9 Å². The number of pyridine rings is 3. The van der Waals surface area contributed by atoms with Crippen LogP contribution < -0.4 is 5.32 Å². The number of carbonyl (C=O) groups excluding carboxylic acids is 2. The molecule has 2 aliphatic rings. The van der Waals surface area contributed by atoms with Crippen LogP contribution in [0.25, 0.3) is 11.6 Å². The molecule has 7 nitrogen and oxygen atoms in total. The number of rotatable bonds is 5. The molecular formula is C26H23N5O2. The second-order valence-corrected chi connectivity index (χ2v) is 8.31. The number of amides is 2. The molecule has 1 aliphatic carbocycles. The first-order chi connectivity index (χ1) is 16.2. The van der Waals surface area contributed by atoms with Gasteiger partial charge >= 0.3 is 0 Å². The summed E-state index contributed by atoms with van der Waals surface area (Å²) in [6, 6.07) is 11.0. The topological polar surface area (TPSA) is 88.1 Å².